The highest BCUT2D eigenvalue weighted by atomic mass is 16.5. The normalized spacial score (nSPS) is 12.1. The fourth-order valence-electron chi connectivity index (χ4n) is 6.02. The molecule has 4 atom stereocenters. The zero-order chi connectivity index (χ0) is 46.5. The van der Waals surface area contributed by atoms with E-state index in [1.54, 1.807) is 85.8 Å². The van der Waals surface area contributed by atoms with E-state index in [1.807, 2.05) is 56.3 Å². The van der Waals surface area contributed by atoms with Crippen molar-refractivity contribution >= 4 is 45.9 Å². The van der Waals surface area contributed by atoms with Gasteiger partial charge in [0.2, 0.25) is 5.91 Å². The largest absolute Gasteiger partial charge is 0.481 e. The van der Waals surface area contributed by atoms with Crippen LogP contribution in [-0.2, 0) is 22.4 Å². The van der Waals surface area contributed by atoms with Gasteiger partial charge in [0.05, 0.1) is 50.3 Å². The van der Waals surface area contributed by atoms with E-state index in [0.29, 0.717) is 40.0 Å². The van der Waals surface area contributed by atoms with E-state index in [0.717, 1.165) is 27.1 Å². The quantitative estimate of drug-likeness (QED) is 0.0405. The standard InChI is InChI=1S/C21H22N2O3.C13H15NO3.C8H9NO.C6H5N3O/c1-14-11-16(9-10-19(14)22-3)12-18(15(2)24)21(26)23-13-20(25)17-7-5-4-6-8-17;1-8-6-10(4-5-12(8)14-3)7-11(9(2)15)13(16)17;9-6-8(10)7-4-2-1-3-5-7;10-9-6-4-2-1-3-5(6)7-8-9/h4-11,15,18,24H,12-13H2,1-2H3,(H,23,26);4-6,9,11,15H,7H2,1-2H3,(H,16,17);1-5H,6,9H2;1-4,10H/t15-,18+;9-,11?;;/m00../s1. The molecule has 5 aromatic carbocycles. The maximum absolute atomic E-state index is 12.5. The van der Waals surface area contributed by atoms with Crippen molar-refractivity contribution in [3.05, 3.63) is 178 Å². The Kier molecular flexibility index (Phi) is 20.0. The lowest BCUT2D eigenvalue weighted by Gasteiger charge is -2.20. The van der Waals surface area contributed by atoms with Gasteiger partial charge in [0.15, 0.2) is 22.9 Å². The Morgan fingerprint density at radius 3 is 1.59 bits per heavy atom. The highest BCUT2D eigenvalue weighted by molar-refractivity contribution is 5.99. The summed E-state index contributed by atoms with van der Waals surface area (Å²) in [4.78, 5) is 53.9. The third kappa shape index (κ3) is 15.8. The molecule has 1 amide bonds. The highest BCUT2D eigenvalue weighted by Crippen LogP contribution is 2.23. The Morgan fingerprint density at radius 2 is 1.16 bits per heavy atom. The van der Waals surface area contributed by atoms with Gasteiger partial charge in [-0.2, -0.15) is 0 Å². The van der Waals surface area contributed by atoms with Crippen LogP contribution in [0.2, 0.25) is 0 Å². The molecule has 63 heavy (non-hydrogen) atoms. The number of hydrogen-bond donors (Lipinski definition) is 6. The molecule has 1 unspecified atom stereocenters. The van der Waals surface area contributed by atoms with Crippen molar-refractivity contribution in [3.8, 4) is 0 Å². The van der Waals surface area contributed by atoms with E-state index in [9.17, 15) is 29.4 Å². The molecule has 6 rings (SSSR count). The molecule has 15 nitrogen and oxygen atoms in total. The minimum atomic E-state index is -1.01. The molecule has 1 aromatic heterocycles. The highest BCUT2D eigenvalue weighted by Gasteiger charge is 2.25. The Hall–Kier alpha value is -7.56. The Bertz CT molecular complexity index is 2530. The minimum Gasteiger partial charge on any atom is -0.481 e. The number of aromatic nitrogens is 3. The van der Waals surface area contributed by atoms with Crippen LogP contribution in [0.5, 0.6) is 0 Å². The number of aliphatic hydroxyl groups excluding tert-OH is 2. The molecule has 0 aliphatic heterocycles. The number of aliphatic carboxylic acids is 1. The van der Waals surface area contributed by atoms with Crippen LogP contribution in [0, 0.1) is 38.8 Å². The number of nitrogens with zero attached hydrogens (tertiary/aromatic N) is 5. The molecule has 0 aliphatic carbocycles. The predicted octanol–water partition coefficient (Wildman–Crippen LogP) is 6.75. The van der Waals surface area contributed by atoms with Gasteiger partial charge in [-0.15, -0.1) is 5.10 Å². The van der Waals surface area contributed by atoms with Crippen molar-refractivity contribution in [2.24, 2.45) is 17.6 Å². The second-order valence-electron chi connectivity index (χ2n) is 14.4. The second-order valence-corrected chi connectivity index (χ2v) is 14.4. The van der Waals surface area contributed by atoms with Crippen molar-refractivity contribution in [1.82, 2.24) is 20.5 Å². The average molecular weight is 854 g/mol. The van der Waals surface area contributed by atoms with E-state index >= 15 is 0 Å². The number of Topliss-reactive ketones (excluding diaryl/α,β-unsaturated/α-hetero) is 2. The lowest BCUT2D eigenvalue weighted by Crippen LogP contribution is -2.40. The van der Waals surface area contributed by atoms with Gasteiger partial charge in [-0.3, -0.25) is 19.2 Å². The fraction of sp³-hybridized carbons (Fsp3) is 0.250. The number of aliphatic hydroxyl groups is 2. The van der Waals surface area contributed by atoms with Crippen LogP contribution in [0.25, 0.3) is 20.7 Å². The van der Waals surface area contributed by atoms with Crippen molar-refractivity contribution in [2.45, 2.75) is 52.7 Å². The van der Waals surface area contributed by atoms with Gasteiger partial charge in [0, 0.05) is 11.1 Å². The summed E-state index contributed by atoms with van der Waals surface area (Å²) in [5, 5.41) is 47.0. The van der Waals surface area contributed by atoms with Crippen LogP contribution in [0.4, 0.5) is 11.4 Å². The summed E-state index contributed by atoms with van der Waals surface area (Å²) in [5.41, 5.74) is 12.2. The Balaban J connectivity index is 0.000000243. The van der Waals surface area contributed by atoms with Gasteiger partial charge >= 0.3 is 5.97 Å². The van der Waals surface area contributed by atoms with E-state index < -0.39 is 30.0 Å². The molecule has 6 aromatic rings. The number of fused-ring (bicyclic) bond motifs is 1. The molecule has 0 saturated carbocycles. The molecular weight excluding hydrogens is 803 g/mol. The molecule has 15 heteroatoms. The number of para-hydroxylation sites is 1. The summed E-state index contributed by atoms with van der Waals surface area (Å²) in [7, 11) is 0. The first-order chi connectivity index (χ1) is 30.1. The summed E-state index contributed by atoms with van der Waals surface area (Å²) in [6.45, 7) is 20.7. The number of carboxylic acids is 1. The number of benzene rings is 5. The van der Waals surface area contributed by atoms with Gasteiger partial charge < -0.3 is 31.6 Å². The molecule has 0 radical (unpaired) electrons. The third-order valence-electron chi connectivity index (χ3n) is 9.63. The van der Waals surface area contributed by atoms with E-state index in [2.05, 4.69) is 25.3 Å². The number of aryl methyl sites for hydroxylation is 2. The summed E-state index contributed by atoms with van der Waals surface area (Å²) in [5.74, 6) is -3.05. The molecule has 0 aliphatic rings. The maximum atomic E-state index is 12.5. The van der Waals surface area contributed by atoms with Gasteiger partial charge in [0.25, 0.3) is 0 Å². The Labute approximate surface area is 366 Å². The minimum absolute atomic E-state index is 0.0133. The van der Waals surface area contributed by atoms with Crippen molar-refractivity contribution in [3.63, 3.8) is 0 Å². The van der Waals surface area contributed by atoms with Crippen LogP contribution in [-0.4, -0.2) is 84.4 Å². The molecule has 0 fully saturated rings. The lowest BCUT2D eigenvalue weighted by atomic mass is 9.93. The van der Waals surface area contributed by atoms with E-state index in [-0.39, 0.29) is 37.0 Å². The average Bonchev–Trinajstić information content (AvgIpc) is 3.67. The number of hydrogen-bond acceptors (Lipinski definition) is 10. The molecule has 0 bridgehead atoms. The number of nitrogens with two attached hydrogens (primary N) is 1. The molecule has 0 spiro atoms. The topological polar surface area (TPSA) is 227 Å². The SMILES string of the molecule is NCC(=O)c1ccccc1.On1nnc2ccccc21.[C-]#[N+]c1ccc(CC(C(=O)O)[C@H](C)O)cc1C.[C-]#[N+]c1ccc(C[C@@H](C(=O)NCC(=O)c2ccccc2)[C@H](C)O)cc1C. The van der Waals surface area contributed by atoms with Gasteiger partial charge in [-0.05, 0) is 80.1 Å². The summed E-state index contributed by atoms with van der Waals surface area (Å²) in [6, 6.07) is 35.5. The number of amides is 1. The fourth-order valence-corrected chi connectivity index (χ4v) is 6.02. The molecule has 7 N–H and O–H groups in total. The van der Waals surface area contributed by atoms with Crippen molar-refractivity contribution in [1.29, 1.82) is 0 Å². The monoisotopic (exact) mass is 853 g/mol. The van der Waals surface area contributed by atoms with Crippen LogP contribution in [0.15, 0.2) is 121 Å². The van der Waals surface area contributed by atoms with Crippen LogP contribution in [0.1, 0.15) is 56.8 Å². The van der Waals surface area contributed by atoms with Crippen LogP contribution >= 0.6 is 0 Å². The first-order valence-electron chi connectivity index (χ1n) is 19.8. The van der Waals surface area contributed by atoms with Gasteiger partial charge in [-0.1, -0.05) is 114 Å². The number of ketones is 2. The number of carbonyl (C=O) groups excluding carboxylic acids is 3. The third-order valence-corrected chi connectivity index (χ3v) is 9.63. The maximum Gasteiger partial charge on any atom is 0.309 e. The van der Waals surface area contributed by atoms with Crippen LogP contribution < -0.4 is 11.1 Å². The smallest absolute Gasteiger partial charge is 0.309 e. The molecule has 0 saturated heterocycles. The second kappa shape index (κ2) is 25.3. The summed E-state index contributed by atoms with van der Waals surface area (Å²) in [6.07, 6.45) is -1.15. The number of carboxylic acid groups (broad SMARTS) is 1. The zero-order valence-corrected chi connectivity index (χ0v) is 35.4. The first-order valence-corrected chi connectivity index (χ1v) is 19.8. The number of nitrogens with one attached hydrogen (secondary N) is 1. The summed E-state index contributed by atoms with van der Waals surface area (Å²) < 4.78 is 0. The lowest BCUT2D eigenvalue weighted by molar-refractivity contribution is -0.145. The van der Waals surface area contributed by atoms with Crippen molar-refractivity contribution in [2.75, 3.05) is 13.1 Å². The number of rotatable bonds is 13. The van der Waals surface area contributed by atoms with Crippen LogP contribution in [0.3, 0.4) is 0 Å². The molecule has 1 heterocycles. The zero-order valence-electron chi connectivity index (χ0n) is 35.4. The first kappa shape index (κ1) is 49.8. The molecular formula is C48H51N7O8. The van der Waals surface area contributed by atoms with E-state index in [1.165, 1.54) is 6.92 Å². The summed E-state index contributed by atoms with van der Waals surface area (Å²) >= 11 is 0. The Morgan fingerprint density at radius 1 is 0.698 bits per heavy atom. The van der Waals surface area contributed by atoms with Gasteiger partial charge in [-0.25, -0.2) is 9.69 Å². The predicted molar refractivity (Wildman–Crippen MR) is 239 cm³/mol. The van der Waals surface area contributed by atoms with E-state index in [4.69, 9.17) is 29.2 Å². The van der Waals surface area contributed by atoms with Gasteiger partial charge in [0.1, 0.15) is 11.0 Å². The van der Waals surface area contributed by atoms with Crippen molar-refractivity contribution < 1.29 is 39.7 Å². The molecule has 326 valence electrons. The number of carbonyl (C=O) groups is 4.